The zero-order chi connectivity index (χ0) is 19.1. The molecule has 0 atom stereocenters. The first-order valence-electron chi connectivity index (χ1n) is 7.65. The van der Waals surface area contributed by atoms with Crippen LogP contribution in [0, 0.1) is 0 Å². The first-order valence-corrected chi connectivity index (χ1v) is 9.51. The highest BCUT2D eigenvalue weighted by Crippen LogP contribution is 2.18. The molecule has 1 heterocycles. The molecule has 3 rings (SSSR count). The number of aromatic nitrogens is 2. The Hall–Kier alpha value is -2.42. The Morgan fingerprint density at radius 1 is 1.04 bits per heavy atom. The van der Waals surface area contributed by atoms with Crippen molar-refractivity contribution in [1.82, 2.24) is 13.9 Å². The van der Waals surface area contributed by atoms with Crippen LogP contribution in [0.4, 0.5) is 0 Å². The first kappa shape index (κ1) is 18.4. The van der Waals surface area contributed by atoms with Crippen molar-refractivity contribution in [3.63, 3.8) is 0 Å². The van der Waals surface area contributed by atoms with Crippen molar-refractivity contribution < 1.29 is 8.42 Å². The number of nitrogens with one attached hydrogen (secondary N) is 1. The second kappa shape index (κ2) is 6.71. The molecule has 26 heavy (non-hydrogen) atoms. The summed E-state index contributed by atoms with van der Waals surface area (Å²) in [5, 5.41) is 0.604. The van der Waals surface area contributed by atoms with Crippen molar-refractivity contribution in [1.29, 1.82) is 0 Å². The number of benzene rings is 2. The monoisotopic (exact) mass is 393 g/mol. The number of aryl methyl sites for hydroxylation is 1. The third-order valence-corrected chi connectivity index (χ3v) is 5.93. The molecule has 2 aromatic carbocycles. The molecule has 0 aliphatic carbocycles. The standard InChI is InChI=1S/C17H16ClN3O4S/c1-20-15-8-7-12(9-13(15)16(22)21(2)17(20)23)26(24,25)19-10-11-5-3-4-6-14(11)18/h3-9,19H,10H2,1-2H3. The van der Waals surface area contributed by atoms with Gasteiger partial charge in [-0.1, -0.05) is 29.8 Å². The SMILES string of the molecule is Cn1c(=O)c2cc(S(=O)(=O)NCc3ccccc3Cl)ccc2n(C)c1=O. The van der Waals surface area contributed by atoms with Crippen molar-refractivity contribution >= 4 is 32.5 Å². The normalized spacial score (nSPS) is 11.8. The molecular formula is C17H16ClN3O4S. The van der Waals surface area contributed by atoms with Crippen molar-refractivity contribution in [3.05, 3.63) is 73.9 Å². The van der Waals surface area contributed by atoms with Gasteiger partial charge in [0.05, 0.1) is 15.8 Å². The highest BCUT2D eigenvalue weighted by Gasteiger charge is 2.17. The zero-order valence-electron chi connectivity index (χ0n) is 14.1. The molecule has 9 heteroatoms. The van der Waals surface area contributed by atoms with E-state index in [-0.39, 0.29) is 16.8 Å². The number of rotatable bonds is 4. The molecule has 0 bridgehead atoms. The van der Waals surface area contributed by atoms with E-state index in [0.29, 0.717) is 16.1 Å². The maximum Gasteiger partial charge on any atom is 0.330 e. The molecule has 0 spiro atoms. The van der Waals surface area contributed by atoms with E-state index in [2.05, 4.69) is 4.72 Å². The molecule has 7 nitrogen and oxygen atoms in total. The molecule has 3 aromatic rings. The molecule has 0 aliphatic rings. The smallest absolute Gasteiger partial charge is 0.296 e. The Labute approximate surface area is 154 Å². The van der Waals surface area contributed by atoms with Crippen LogP contribution >= 0.6 is 11.6 Å². The second-order valence-corrected chi connectivity index (χ2v) is 7.97. The average molecular weight is 394 g/mol. The summed E-state index contributed by atoms with van der Waals surface area (Å²) >= 11 is 6.04. The lowest BCUT2D eigenvalue weighted by molar-refractivity contribution is 0.581. The minimum Gasteiger partial charge on any atom is -0.296 e. The molecule has 1 aromatic heterocycles. The topological polar surface area (TPSA) is 90.2 Å². The van der Waals surface area contributed by atoms with Crippen LogP contribution < -0.4 is 16.0 Å². The van der Waals surface area contributed by atoms with Gasteiger partial charge >= 0.3 is 5.69 Å². The fourth-order valence-electron chi connectivity index (χ4n) is 2.64. The molecule has 0 fully saturated rings. The molecule has 0 aliphatic heterocycles. The molecule has 0 unspecified atom stereocenters. The van der Waals surface area contributed by atoms with Gasteiger partial charge in [-0.15, -0.1) is 0 Å². The fourth-order valence-corrected chi connectivity index (χ4v) is 3.87. The average Bonchev–Trinajstić information content (AvgIpc) is 2.63. The molecule has 1 N–H and O–H groups in total. The van der Waals surface area contributed by atoms with Crippen LogP contribution in [0.2, 0.25) is 5.02 Å². The lowest BCUT2D eigenvalue weighted by Crippen LogP contribution is -2.37. The molecule has 0 amide bonds. The Morgan fingerprint density at radius 2 is 1.73 bits per heavy atom. The van der Waals surface area contributed by atoms with E-state index in [9.17, 15) is 18.0 Å². The van der Waals surface area contributed by atoms with Gasteiger partial charge in [-0.2, -0.15) is 0 Å². The van der Waals surface area contributed by atoms with Crippen LogP contribution in [0.5, 0.6) is 0 Å². The lowest BCUT2D eigenvalue weighted by atomic mass is 10.2. The van der Waals surface area contributed by atoms with E-state index >= 15 is 0 Å². The summed E-state index contributed by atoms with van der Waals surface area (Å²) in [6.45, 7) is 0.0192. The van der Waals surface area contributed by atoms with Gasteiger partial charge in [0.15, 0.2) is 0 Å². The second-order valence-electron chi connectivity index (χ2n) is 5.80. The number of fused-ring (bicyclic) bond motifs is 1. The fraction of sp³-hybridized carbons (Fsp3) is 0.176. The van der Waals surface area contributed by atoms with E-state index in [0.717, 1.165) is 4.57 Å². The Kier molecular flexibility index (Phi) is 4.74. The first-order chi connectivity index (χ1) is 12.2. The summed E-state index contributed by atoms with van der Waals surface area (Å²) < 4.78 is 29.9. The molecule has 0 saturated heterocycles. The summed E-state index contributed by atoms with van der Waals surface area (Å²) in [7, 11) is -0.994. The van der Waals surface area contributed by atoms with E-state index in [4.69, 9.17) is 11.6 Å². The Bertz CT molecular complexity index is 1230. The summed E-state index contributed by atoms with van der Waals surface area (Å²) in [5.41, 5.74) is -0.0267. The van der Waals surface area contributed by atoms with Crippen LogP contribution in [0.1, 0.15) is 5.56 Å². The summed E-state index contributed by atoms with van der Waals surface area (Å²) in [6, 6.07) is 11.0. The highest BCUT2D eigenvalue weighted by atomic mass is 35.5. The number of nitrogens with zero attached hydrogens (tertiary/aromatic N) is 2. The van der Waals surface area contributed by atoms with Crippen LogP contribution in [0.15, 0.2) is 56.9 Å². The predicted molar refractivity (Wildman–Crippen MR) is 99.9 cm³/mol. The zero-order valence-corrected chi connectivity index (χ0v) is 15.6. The number of hydrogen-bond acceptors (Lipinski definition) is 4. The summed E-state index contributed by atoms with van der Waals surface area (Å²) in [6.07, 6.45) is 0. The van der Waals surface area contributed by atoms with Crippen LogP contribution in [0.25, 0.3) is 10.9 Å². The van der Waals surface area contributed by atoms with Crippen LogP contribution in [-0.2, 0) is 30.7 Å². The molecule has 0 radical (unpaired) electrons. The van der Waals surface area contributed by atoms with E-state index in [1.807, 2.05) is 0 Å². The maximum absolute atomic E-state index is 12.6. The van der Waals surface area contributed by atoms with Gasteiger partial charge in [-0.3, -0.25) is 13.9 Å². The predicted octanol–water partition coefficient (Wildman–Crippen LogP) is 1.37. The van der Waals surface area contributed by atoms with Crippen molar-refractivity contribution in [2.45, 2.75) is 11.4 Å². The lowest BCUT2D eigenvalue weighted by Gasteiger charge is -2.11. The number of halogens is 1. The van der Waals surface area contributed by atoms with Gasteiger partial charge in [0, 0.05) is 25.7 Å². The van der Waals surface area contributed by atoms with Gasteiger partial charge < -0.3 is 0 Å². The summed E-state index contributed by atoms with van der Waals surface area (Å²) in [4.78, 5) is 24.2. The minimum absolute atomic E-state index is 0.0192. The van der Waals surface area contributed by atoms with Crippen molar-refractivity contribution in [2.75, 3.05) is 0 Å². The Balaban J connectivity index is 2.03. The van der Waals surface area contributed by atoms with Crippen LogP contribution in [0.3, 0.4) is 0 Å². The quantitative estimate of drug-likeness (QED) is 0.724. The van der Waals surface area contributed by atoms with Crippen molar-refractivity contribution in [2.24, 2.45) is 14.1 Å². The van der Waals surface area contributed by atoms with Gasteiger partial charge in [-0.05, 0) is 29.8 Å². The summed E-state index contributed by atoms with van der Waals surface area (Å²) in [5.74, 6) is 0. The Morgan fingerprint density at radius 3 is 2.42 bits per heavy atom. The van der Waals surface area contributed by atoms with Gasteiger partial charge in [0.25, 0.3) is 5.56 Å². The highest BCUT2D eigenvalue weighted by molar-refractivity contribution is 7.89. The van der Waals surface area contributed by atoms with E-state index < -0.39 is 21.3 Å². The number of sulfonamides is 1. The van der Waals surface area contributed by atoms with Crippen molar-refractivity contribution in [3.8, 4) is 0 Å². The molecule has 0 saturated carbocycles. The van der Waals surface area contributed by atoms with Gasteiger partial charge in [-0.25, -0.2) is 17.9 Å². The largest absolute Gasteiger partial charge is 0.330 e. The van der Waals surface area contributed by atoms with Crippen LogP contribution in [-0.4, -0.2) is 17.6 Å². The third kappa shape index (κ3) is 3.18. The molecular weight excluding hydrogens is 378 g/mol. The van der Waals surface area contributed by atoms with Gasteiger partial charge in [0.2, 0.25) is 10.0 Å². The maximum atomic E-state index is 12.6. The number of hydrogen-bond donors (Lipinski definition) is 1. The van der Waals surface area contributed by atoms with Gasteiger partial charge in [0.1, 0.15) is 0 Å². The van der Waals surface area contributed by atoms with E-state index in [1.165, 1.54) is 36.9 Å². The third-order valence-electron chi connectivity index (χ3n) is 4.16. The molecule has 136 valence electrons. The van der Waals surface area contributed by atoms with E-state index in [1.54, 1.807) is 24.3 Å². The minimum atomic E-state index is -3.86.